The van der Waals surface area contributed by atoms with E-state index >= 15 is 4.79 Å². The zero-order valence-electron chi connectivity index (χ0n) is 48.8. The van der Waals surface area contributed by atoms with E-state index in [-0.39, 0.29) is 48.5 Å². The van der Waals surface area contributed by atoms with Crippen molar-refractivity contribution < 1.29 is 38.1 Å². The topological polar surface area (TPSA) is 200 Å². The molecule has 0 fully saturated rings. The summed E-state index contributed by atoms with van der Waals surface area (Å²) in [7, 11) is 4.76. The average molecular weight is 1010 g/mol. The first-order chi connectivity index (χ1) is 33.5. The fourth-order valence-corrected chi connectivity index (χ4v) is 8.75. The number of fused-ring (bicyclic) bond motifs is 2. The van der Waals surface area contributed by atoms with Gasteiger partial charge in [-0.3, -0.25) is 14.4 Å². The number of hydrogen-bond donors (Lipinski definition) is 5. The normalized spacial score (nSPS) is 14.4. The number of rotatable bonds is 24. The average Bonchev–Trinajstić information content (AvgIpc) is 3.32. The van der Waals surface area contributed by atoms with Crippen LogP contribution < -0.4 is 32.4 Å². The maximum Gasteiger partial charge on any atom is 0.407 e. The Kier molecular flexibility index (Phi) is 28.5. The van der Waals surface area contributed by atoms with Crippen molar-refractivity contribution in [3.05, 3.63) is 65.2 Å². The quantitative estimate of drug-likeness (QED) is 0.0289. The minimum atomic E-state index is -0.956. The van der Waals surface area contributed by atoms with Crippen LogP contribution >= 0.6 is 0 Å². The molecular weight excluding hydrogens is 911 g/mol. The number of alkyl carbamates (subject to hydrolysis) is 1. The van der Waals surface area contributed by atoms with Crippen LogP contribution in [0.4, 0.5) is 10.5 Å². The summed E-state index contributed by atoms with van der Waals surface area (Å²) in [5, 5.41) is 10.5. The second-order valence-electron chi connectivity index (χ2n) is 21.4. The maximum absolute atomic E-state index is 15.1. The van der Waals surface area contributed by atoms with Crippen LogP contribution in [-0.4, -0.2) is 99.2 Å². The number of hydrazine groups is 1. The zero-order valence-corrected chi connectivity index (χ0v) is 48.8. The van der Waals surface area contributed by atoms with Gasteiger partial charge in [0, 0.05) is 41.2 Å². The third-order valence-corrected chi connectivity index (χ3v) is 13.2. The lowest BCUT2D eigenvalue weighted by Crippen LogP contribution is -2.55. The fraction of sp³-hybridized carbons (Fsp3) is 0.684. The summed E-state index contributed by atoms with van der Waals surface area (Å²) in [6, 6.07) is 14.8. The number of anilines is 1. The van der Waals surface area contributed by atoms with Crippen LogP contribution in [0, 0.1) is 16.2 Å². The second kappa shape index (κ2) is 30.5. The third kappa shape index (κ3) is 20.0. The molecule has 1 heterocycles. The van der Waals surface area contributed by atoms with Crippen molar-refractivity contribution in [1.29, 1.82) is 0 Å². The van der Waals surface area contributed by atoms with Gasteiger partial charge in [0.1, 0.15) is 12.6 Å². The number of para-hydroxylation sites is 1. The molecule has 0 bridgehead atoms. The molecule has 0 spiro atoms. The number of amides is 3. The Morgan fingerprint density at radius 3 is 1.90 bits per heavy atom. The fourth-order valence-electron chi connectivity index (χ4n) is 8.75. The predicted molar refractivity (Wildman–Crippen MR) is 297 cm³/mol. The van der Waals surface area contributed by atoms with E-state index in [2.05, 4.69) is 43.6 Å². The molecule has 1 aliphatic rings. The Morgan fingerprint density at radius 2 is 1.33 bits per heavy atom. The van der Waals surface area contributed by atoms with Crippen LogP contribution in [0.5, 0.6) is 0 Å². The molecule has 1 unspecified atom stereocenters. The highest BCUT2D eigenvalue weighted by Crippen LogP contribution is 2.45. The number of nitrogens with zero attached hydrogens (tertiary/aromatic N) is 2. The first-order valence-corrected chi connectivity index (χ1v) is 26.2. The van der Waals surface area contributed by atoms with Crippen molar-refractivity contribution in [3.63, 3.8) is 0 Å². The summed E-state index contributed by atoms with van der Waals surface area (Å²) >= 11 is 0. The Balaban J connectivity index is 0.00000808. The number of methoxy groups -OCH3 is 2. The largest absolute Gasteiger partial charge is 0.468 e. The SMILES string of the molecule is CC.CC.CC.CNC(CCCCNC(=O)OCCN(N)/C1=C(\N)c2ccccc2CN(C(=O)C(C)(C)CC(C)(C)NC(=O)C(C)(C)CC(C)(C)C(C)(C)OCCC(C)(C)OC)c2ccccc21)C(=O)OC. The van der Waals surface area contributed by atoms with Crippen molar-refractivity contribution in [2.75, 3.05) is 52.5 Å². The van der Waals surface area contributed by atoms with Gasteiger partial charge in [-0.1, -0.05) is 126 Å². The lowest BCUT2D eigenvalue weighted by atomic mass is 9.66. The molecule has 2 aromatic rings. The molecule has 7 N–H and O–H groups in total. The maximum atomic E-state index is 15.1. The van der Waals surface area contributed by atoms with Gasteiger partial charge in [0.2, 0.25) is 11.8 Å². The van der Waals surface area contributed by atoms with Gasteiger partial charge in [-0.25, -0.2) is 10.6 Å². The van der Waals surface area contributed by atoms with E-state index in [1.165, 1.54) is 12.1 Å². The first-order valence-electron chi connectivity index (χ1n) is 26.2. The summed E-state index contributed by atoms with van der Waals surface area (Å²) in [5.41, 5.74) is 7.00. The van der Waals surface area contributed by atoms with Crippen molar-refractivity contribution in [3.8, 4) is 0 Å². The van der Waals surface area contributed by atoms with Crippen LogP contribution in [0.25, 0.3) is 11.4 Å². The molecule has 0 saturated carbocycles. The molecule has 1 aliphatic heterocycles. The van der Waals surface area contributed by atoms with E-state index < -0.39 is 34.1 Å². The molecule has 0 saturated heterocycles. The number of unbranched alkanes of at least 4 members (excludes halogenated alkanes) is 1. The molecule has 3 rings (SSSR count). The second-order valence-corrected chi connectivity index (χ2v) is 21.4. The van der Waals surface area contributed by atoms with E-state index in [9.17, 15) is 14.4 Å². The van der Waals surface area contributed by atoms with E-state index in [1.54, 1.807) is 19.1 Å². The smallest absolute Gasteiger partial charge is 0.407 e. The Hall–Kier alpha value is -4.70. The van der Waals surface area contributed by atoms with Crippen molar-refractivity contribution in [2.24, 2.45) is 27.8 Å². The molecule has 412 valence electrons. The van der Waals surface area contributed by atoms with Gasteiger partial charge in [0.25, 0.3) is 0 Å². The number of benzene rings is 2. The minimum absolute atomic E-state index is 0.0449. The van der Waals surface area contributed by atoms with Gasteiger partial charge < -0.3 is 50.5 Å². The molecule has 0 aromatic heterocycles. The Bertz CT molecular complexity index is 2010. The molecule has 0 aliphatic carbocycles. The summed E-state index contributed by atoms with van der Waals surface area (Å²) < 4.78 is 22.3. The minimum Gasteiger partial charge on any atom is -0.468 e. The summed E-state index contributed by atoms with van der Waals surface area (Å²) in [6.45, 7) is 37.4. The van der Waals surface area contributed by atoms with E-state index in [0.717, 1.165) is 17.5 Å². The van der Waals surface area contributed by atoms with Gasteiger partial charge in [0.15, 0.2) is 0 Å². The number of likely N-dealkylation sites (N-methyl/N-ethyl adjacent to an activating group) is 1. The number of hydrogen-bond acceptors (Lipinski definition) is 12. The van der Waals surface area contributed by atoms with Crippen LogP contribution in [-0.2, 0) is 39.9 Å². The predicted octanol–water partition coefficient (Wildman–Crippen LogP) is 10.6. The highest BCUT2D eigenvalue weighted by molar-refractivity contribution is 6.03. The van der Waals surface area contributed by atoms with Crippen LogP contribution in [0.2, 0.25) is 0 Å². The van der Waals surface area contributed by atoms with Crippen molar-refractivity contribution >= 4 is 41.0 Å². The lowest BCUT2D eigenvalue weighted by Gasteiger charge is -2.46. The van der Waals surface area contributed by atoms with Gasteiger partial charge in [-0.15, -0.1) is 0 Å². The van der Waals surface area contributed by atoms with E-state index in [1.807, 2.05) is 145 Å². The number of nitrogens with two attached hydrogens (primary N) is 2. The number of carbonyl (C=O) groups excluding carboxylic acids is 4. The monoisotopic (exact) mass is 1010 g/mol. The third-order valence-electron chi connectivity index (χ3n) is 13.2. The van der Waals surface area contributed by atoms with Crippen LogP contribution in [0.15, 0.2) is 48.5 Å². The van der Waals surface area contributed by atoms with Gasteiger partial charge in [-0.05, 0) is 104 Å². The van der Waals surface area contributed by atoms with Gasteiger partial charge in [0.05, 0.1) is 55.1 Å². The number of carbonyl (C=O) groups is 4. The molecule has 0 radical (unpaired) electrons. The highest BCUT2D eigenvalue weighted by Gasteiger charge is 2.46. The Morgan fingerprint density at radius 1 is 0.764 bits per heavy atom. The standard InChI is InChI=1S/C51H83N7O8.3C2H6/c1-46(2,33-48(5,6)51(11,12)66-30-27-50(9,10)64-15)43(60)56-49(7,8)34-47(3,4)44(61)57-32-35-22-16-17-23-36(35)40(52)41(37-24-18-19-26-39(37)57)58(53)29-31-65-45(62)55-28-21-20-25-38(54-13)42(59)63-14;3*1-2/h16-19,22-24,26,38,54H,20-21,25,27-34,52-53H2,1-15H3,(H,55,62)(H,56,60);3*1-2H3/b41-40-;;;. The molecule has 15 heteroatoms. The molecule has 15 nitrogen and oxygen atoms in total. The Labute approximate surface area is 436 Å². The van der Waals surface area contributed by atoms with Gasteiger partial charge in [-0.2, -0.15) is 0 Å². The number of ether oxygens (including phenoxy) is 4. The molecule has 2 aromatic carbocycles. The van der Waals surface area contributed by atoms with Gasteiger partial charge >= 0.3 is 12.1 Å². The number of nitrogens with one attached hydrogen (secondary N) is 3. The molecular formula is C57H101N7O8. The van der Waals surface area contributed by atoms with E-state index in [0.29, 0.717) is 67.9 Å². The summed E-state index contributed by atoms with van der Waals surface area (Å²) in [6.07, 6.45) is 2.95. The summed E-state index contributed by atoms with van der Waals surface area (Å²) in [4.78, 5) is 55.6. The molecule has 3 amide bonds. The van der Waals surface area contributed by atoms with Crippen LogP contribution in [0.3, 0.4) is 0 Å². The number of esters is 1. The lowest BCUT2D eigenvalue weighted by molar-refractivity contribution is -0.144. The molecule has 1 atom stereocenters. The summed E-state index contributed by atoms with van der Waals surface area (Å²) in [5.74, 6) is 6.23. The highest BCUT2D eigenvalue weighted by atomic mass is 16.5. The van der Waals surface area contributed by atoms with Crippen molar-refractivity contribution in [1.82, 2.24) is 21.0 Å². The van der Waals surface area contributed by atoms with Crippen molar-refractivity contribution in [2.45, 2.75) is 192 Å². The zero-order chi connectivity index (χ0) is 55.9. The van der Waals surface area contributed by atoms with Crippen LogP contribution in [0.1, 0.15) is 180 Å². The van der Waals surface area contributed by atoms with E-state index in [4.69, 9.17) is 30.5 Å². The first kappa shape index (κ1) is 67.3. The molecule has 72 heavy (non-hydrogen) atoms.